The maximum absolute atomic E-state index is 14.0. The Hall–Kier alpha value is -7.62. The number of methoxy groups -OCH3 is 2. The summed E-state index contributed by atoms with van der Waals surface area (Å²) >= 11 is 0. The lowest BCUT2D eigenvalue weighted by Crippen LogP contribution is -2.43. The van der Waals surface area contributed by atoms with Crippen LogP contribution in [0.5, 0.6) is 11.5 Å². The van der Waals surface area contributed by atoms with Crippen LogP contribution < -0.4 is 20.1 Å². The smallest absolute Gasteiger partial charge is 0.407 e. The molecular formula is C48H50N8O8. The van der Waals surface area contributed by atoms with E-state index in [0.29, 0.717) is 61.9 Å². The number of aromatic nitrogens is 4. The predicted molar refractivity (Wildman–Crippen MR) is 237 cm³/mol. The van der Waals surface area contributed by atoms with E-state index < -0.39 is 24.3 Å². The van der Waals surface area contributed by atoms with Crippen LogP contribution in [0.1, 0.15) is 72.7 Å². The number of hydrogen-bond donors (Lipinski definition) is 4. The van der Waals surface area contributed by atoms with Crippen LogP contribution in [-0.4, -0.2) is 81.0 Å². The second-order valence-electron chi connectivity index (χ2n) is 15.6. The van der Waals surface area contributed by atoms with Gasteiger partial charge in [0.15, 0.2) is 0 Å². The molecule has 4 aromatic carbocycles. The number of rotatable bonds is 16. The molecule has 0 bridgehead atoms. The van der Waals surface area contributed by atoms with Gasteiger partial charge in [0.1, 0.15) is 48.4 Å². The van der Waals surface area contributed by atoms with Crippen LogP contribution in [0, 0.1) is 0 Å². The van der Waals surface area contributed by atoms with Gasteiger partial charge in [-0.1, -0.05) is 74.5 Å². The first-order chi connectivity index (χ1) is 31.2. The number of ether oxygens (including phenoxy) is 4. The molecule has 8 rings (SSSR count). The summed E-state index contributed by atoms with van der Waals surface area (Å²) in [4.78, 5) is 71.9. The molecule has 0 fully saturated rings. The lowest BCUT2D eigenvalue weighted by Gasteiger charge is -2.30. The SMILES string of the molecule is CCCN(Cc1ncc(-c2cc3c4c(c2)OCc2cc(-c5cnc(CN(CCC)C(=O)[C@H](NC(=O)OC)c6ccccc6)[nH]5)cc(c2-4)OC3)[nH]1)C(=O)[C@H](NC(=O)OC)c1ccccc1. The fourth-order valence-electron chi connectivity index (χ4n) is 8.19. The van der Waals surface area contributed by atoms with Crippen LogP contribution in [0.15, 0.2) is 97.3 Å². The summed E-state index contributed by atoms with van der Waals surface area (Å²) < 4.78 is 22.5. The number of aromatic amines is 2. The molecule has 4 amide bonds. The summed E-state index contributed by atoms with van der Waals surface area (Å²) in [5.41, 5.74) is 8.41. The topological polar surface area (TPSA) is 193 Å². The Balaban J connectivity index is 0.998. The summed E-state index contributed by atoms with van der Waals surface area (Å²) in [6.07, 6.45) is 3.50. The first-order valence-electron chi connectivity index (χ1n) is 21.2. The van der Waals surface area contributed by atoms with Gasteiger partial charge in [-0.3, -0.25) is 9.59 Å². The minimum Gasteiger partial charge on any atom is -0.488 e. The molecule has 16 heteroatoms. The highest BCUT2D eigenvalue weighted by Gasteiger charge is 2.32. The number of hydrogen-bond acceptors (Lipinski definition) is 10. The van der Waals surface area contributed by atoms with Gasteiger partial charge in [-0.2, -0.15) is 0 Å². The molecule has 2 atom stereocenters. The van der Waals surface area contributed by atoms with Crippen molar-refractivity contribution in [2.24, 2.45) is 0 Å². The van der Waals surface area contributed by atoms with E-state index in [0.717, 1.165) is 56.3 Å². The Labute approximate surface area is 370 Å². The number of H-pyrrole nitrogens is 2. The molecule has 330 valence electrons. The predicted octanol–water partition coefficient (Wildman–Crippen LogP) is 7.59. The number of nitrogens with one attached hydrogen (secondary N) is 4. The first kappa shape index (κ1) is 43.0. The summed E-state index contributed by atoms with van der Waals surface area (Å²) in [7, 11) is 2.53. The van der Waals surface area contributed by atoms with Crippen LogP contribution >= 0.6 is 0 Å². The normalized spacial score (nSPS) is 13.0. The maximum Gasteiger partial charge on any atom is 0.407 e. The minimum absolute atomic E-state index is 0.200. The van der Waals surface area contributed by atoms with E-state index in [9.17, 15) is 19.2 Å². The van der Waals surface area contributed by atoms with E-state index in [-0.39, 0.29) is 24.9 Å². The summed E-state index contributed by atoms with van der Waals surface area (Å²) in [5.74, 6) is 2.08. The Morgan fingerprint density at radius 2 is 1.05 bits per heavy atom. The van der Waals surface area contributed by atoms with Crippen molar-refractivity contribution in [3.63, 3.8) is 0 Å². The van der Waals surface area contributed by atoms with E-state index in [4.69, 9.17) is 18.9 Å². The molecule has 2 aliphatic heterocycles. The van der Waals surface area contributed by atoms with Crippen molar-refractivity contribution in [2.45, 2.75) is 65.1 Å². The molecular weight excluding hydrogens is 817 g/mol. The van der Waals surface area contributed by atoms with Gasteiger partial charge in [0.05, 0.1) is 51.1 Å². The largest absolute Gasteiger partial charge is 0.488 e. The van der Waals surface area contributed by atoms with Gasteiger partial charge >= 0.3 is 12.2 Å². The van der Waals surface area contributed by atoms with Crippen molar-refractivity contribution in [2.75, 3.05) is 27.3 Å². The lowest BCUT2D eigenvalue weighted by molar-refractivity contribution is -0.135. The second kappa shape index (κ2) is 19.2. The molecule has 4 N–H and O–H groups in total. The Morgan fingerprint density at radius 1 is 0.641 bits per heavy atom. The summed E-state index contributed by atoms with van der Waals surface area (Å²) in [6.45, 7) is 5.90. The lowest BCUT2D eigenvalue weighted by atomic mass is 9.87. The summed E-state index contributed by atoms with van der Waals surface area (Å²) in [6, 6.07) is 24.4. The molecule has 64 heavy (non-hydrogen) atoms. The van der Waals surface area contributed by atoms with Crippen molar-refractivity contribution in [3.8, 4) is 45.1 Å². The molecule has 0 saturated heterocycles. The highest BCUT2D eigenvalue weighted by molar-refractivity contribution is 5.89. The molecule has 2 aliphatic rings. The third-order valence-electron chi connectivity index (χ3n) is 11.2. The Bertz CT molecular complexity index is 2420. The number of carbonyl (C=O) groups excluding carboxylic acids is 4. The molecule has 0 saturated carbocycles. The van der Waals surface area contributed by atoms with Gasteiger partial charge in [0.2, 0.25) is 11.8 Å². The number of alkyl carbamates (subject to hydrolysis) is 2. The fraction of sp³-hybridized carbons (Fsp3) is 0.292. The van der Waals surface area contributed by atoms with Crippen LogP contribution in [0.25, 0.3) is 33.6 Å². The number of carbonyl (C=O) groups is 4. The van der Waals surface area contributed by atoms with Crippen molar-refractivity contribution < 1.29 is 38.1 Å². The average molecular weight is 867 g/mol. The first-order valence-corrected chi connectivity index (χ1v) is 21.2. The van der Waals surface area contributed by atoms with Crippen molar-refractivity contribution in [1.82, 2.24) is 40.4 Å². The molecule has 0 unspecified atom stereocenters. The van der Waals surface area contributed by atoms with Gasteiger partial charge in [0, 0.05) is 46.5 Å². The zero-order valence-corrected chi connectivity index (χ0v) is 36.1. The highest BCUT2D eigenvalue weighted by atomic mass is 16.5. The zero-order chi connectivity index (χ0) is 44.7. The van der Waals surface area contributed by atoms with Crippen molar-refractivity contribution >= 4 is 24.0 Å². The molecule has 6 aromatic rings. The molecule has 0 radical (unpaired) electrons. The molecule has 16 nitrogen and oxygen atoms in total. The Kier molecular flexibility index (Phi) is 12.9. The van der Waals surface area contributed by atoms with Crippen LogP contribution in [0.2, 0.25) is 0 Å². The molecule has 0 spiro atoms. The second-order valence-corrected chi connectivity index (χ2v) is 15.6. The van der Waals surface area contributed by atoms with Gasteiger partial charge < -0.3 is 49.3 Å². The molecule has 2 aromatic heterocycles. The number of nitrogens with zero attached hydrogens (tertiary/aromatic N) is 4. The van der Waals surface area contributed by atoms with E-state index in [1.165, 1.54) is 14.2 Å². The van der Waals surface area contributed by atoms with Crippen LogP contribution in [0.4, 0.5) is 9.59 Å². The van der Waals surface area contributed by atoms with Crippen LogP contribution in [0.3, 0.4) is 0 Å². The highest BCUT2D eigenvalue weighted by Crippen LogP contribution is 2.50. The van der Waals surface area contributed by atoms with Gasteiger partial charge in [-0.15, -0.1) is 0 Å². The van der Waals surface area contributed by atoms with Crippen molar-refractivity contribution in [1.29, 1.82) is 0 Å². The molecule has 0 aliphatic carbocycles. The number of imidazole rings is 2. The van der Waals surface area contributed by atoms with Gasteiger partial charge in [-0.05, 0) is 48.2 Å². The zero-order valence-electron chi connectivity index (χ0n) is 36.1. The third-order valence-corrected chi connectivity index (χ3v) is 11.2. The van der Waals surface area contributed by atoms with Crippen molar-refractivity contribution in [3.05, 3.63) is 131 Å². The van der Waals surface area contributed by atoms with E-state index >= 15 is 0 Å². The molecule has 4 heterocycles. The van der Waals surface area contributed by atoms with E-state index in [1.54, 1.807) is 46.5 Å². The van der Waals surface area contributed by atoms with Crippen LogP contribution in [-0.2, 0) is 45.4 Å². The monoisotopic (exact) mass is 866 g/mol. The average Bonchev–Trinajstić information content (AvgIpc) is 4.01. The summed E-state index contributed by atoms with van der Waals surface area (Å²) in [5, 5.41) is 5.39. The van der Waals surface area contributed by atoms with Gasteiger partial charge in [-0.25, -0.2) is 19.6 Å². The van der Waals surface area contributed by atoms with Gasteiger partial charge in [0.25, 0.3) is 0 Å². The standard InChI is InChI=1S/C48H50N8O8/c1-5-17-55(45(57)43(53-47(59)61-3)29-13-9-7-10-14-29)25-39-49-23-35(51-39)31-19-33-27-64-38-22-32(20-34-28-63-37(21-31)41(33)42(34)38)36-24-50-40(52-36)26-56(18-6-2)46(58)44(54-48(60)62-4)30-15-11-8-12-16-30/h7-16,19-24,43-44H,5-6,17-18,25-28H2,1-4H3,(H,49,51)(H,50,52)(H,53,59)(H,54,60)/t43-,44-/m1/s1. The third kappa shape index (κ3) is 9.12. The minimum atomic E-state index is -0.932. The number of benzene rings is 4. The fourth-order valence-corrected chi connectivity index (χ4v) is 8.19. The van der Waals surface area contributed by atoms with E-state index in [1.807, 2.05) is 62.4 Å². The maximum atomic E-state index is 14.0. The number of amides is 4. The van der Waals surface area contributed by atoms with E-state index in [2.05, 4.69) is 42.7 Å². The Morgan fingerprint density at radius 3 is 1.42 bits per heavy atom. The quantitative estimate of drug-likeness (QED) is 0.0754.